The Balaban J connectivity index is 1.76. The highest BCUT2D eigenvalue weighted by molar-refractivity contribution is 7.18. The van der Waals surface area contributed by atoms with Crippen LogP contribution in [0.4, 0.5) is 11.5 Å². The summed E-state index contributed by atoms with van der Waals surface area (Å²) in [7, 11) is 0. The van der Waals surface area contributed by atoms with Crippen LogP contribution >= 0.6 is 11.3 Å². The number of nitrogens with one attached hydrogen (secondary N) is 1. The maximum Gasteiger partial charge on any atom is 0.136 e. The Labute approximate surface area is 128 Å². The van der Waals surface area contributed by atoms with Gasteiger partial charge >= 0.3 is 0 Å². The van der Waals surface area contributed by atoms with Crippen molar-refractivity contribution in [1.82, 2.24) is 9.97 Å². The fourth-order valence-electron chi connectivity index (χ4n) is 2.31. The Hall–Kier alpha value is -2.14. The number of aromatic nitrogens is 2. The van der Waals surface area contributed by atoms with E-state index < -0.39 is 0 Å². The van der Waals surface area contributed by atoms with Gasteiger partial charge in [0.1, 0.15) is 16.5 Å². The number of rotatable bonds is 4. The summed E-state index contributed by atoms with van der Waals surface area (Å²) in [4.78, 5) is 11.3. The second kappa shape index (κ2) is 5.69. The minimum Gasteiger partial charge on any atom is -0.385 e. The molecule has 0 aliphatic heterocycles. The van der Waals surface area contributed by atoms with Crippen molar-refractivity contribution in [3.8, 4) is 0 Å². The molecule has 0 unspecified atom stereocenters. The number of thiophene rings is 1. The number of hydrogen-bond acceptors (Lipinski definition) is 5. The lowest BCUT2D eigenvalue weighted by Crippen LogP contribution is -2.08. The molecule has 0 bridgehead atoms. The van der Waals surface area contributed by atoms with Gasteiger partial charge in [0, 0.05) is 23.5 Å². The lowest BCUT2D eigenvalue weighted by molar-refractivity contribution is 0.914. The molecule has 3 N–H and O–H groups in total. The summed E-state index contributed by atoms with van der Waals surface area (Å²) in [6, 6.07) is 10.1. The Bertz CT molecular complexity index is 765. The standard InChI is InChI=1S/C16H18N4S/c1-10-11(2)21-16-14(10)15(17)19-13(20-16)8-9-18-12-6-4-3-5-7-12/h3-7,18H,8-9H2,1-2H3,(H2,17,19,20). The molecule has 4 nitrogen and oxygen atoms in total. The van der Waals surface area contributed by atoms with E-state index in [9.17, 15) is 0 Å². The fraction of sp³-hybridized carbons (Fsp3) is 0.250. The fourth-order valence-corrected chi connectivity index (χ4v) is 3.37. The lowest BCUT2D eigenvalue weighted by Gasteiger charge is -2.06. The molecule has 0 saturated heterocycles. The summed E-state index contributed by atoms with van der Waals surface area (Å²) < 4.78 is 0. The number of benzene rings is 1. The first-order chi connectivity index (χ1) is 10.1. The van der Waals surface area contributed by atoms with E-state index in [2.05, 4.69) is 29.1 Å². The maximum atomic E-state index is 6.09. The quantitative estimate of drug-likeness (QED) is 0.773. The van der Waals surface area contributed by atoms with Gasteiger partial charge in [-0.3, -0.25) is 0 Å². The summed E-state index contributed by atoms with van der Waals surface area (Å²) in [6.45, 7) is 4.96. The summed E-state index contributed by atoms with van der Waals surface area (Å²) in [5.74, 6) is 1.39. The molecule has 0 radical (unpaired) electrons. The van der Waals surface area contributed by atoms with E-state index in [1.54, 1.807) is 11.3 Å². The molecule has 0 atom stereocenters. The third kappa shape index (κ3) is 2.83. The molecule has 0 saturated carbocycles. The number of fused-ring (bicyclic) bond motifs is 1. The van der Waals surface area contributed by atoms with Gasteiger partial charge in [0.2, 0.25) is 0 Å². The molecular formula is C16H18N4S. The summed E-state index contributed by atoms with van der Waals surface area (Å²) >= 11 is 1.69. The molecule has 21 heavy (non-hydrogen) atoms. The summed E-state index contributed by atoms with van der Waals surface area (Å²) in [6.07, 6.45) is 0.755. The van der Waals surface area contributed by atoms with E-state index in [1.807, 2.05) is 30.3 Å². The van der Waals surface area contributed by atoms with Crippen molar-refractivity contribution in [3.63, 3.8) is 0 Å². The van der Waals surface area contributed by atoms with Gasteiger partial charge < -0.3 is 11.1 Å². The van der Waals surface area contributed by atoms with Crippen molar-refractivity contribution in [1.29, 1.82) is 0 Å². The van der Waals surface area contributed by atoms with Crippen LogP contribution in [0.3, 0.4) is 0 Å². The topological polar surface area (TPSA) is 63.8 Å². The van der Waals surface area contributed by atoms with Gasteiger partial charge in [-0.2, -0.15) is 0 Å². The Morgan fingerprint density at radius 1 is 1.14 bits per heavy atom. The first kappa shape index (κ1) is 13.8. The average molecular weight is 298 g/mol. The normalized spacial score (nSPS) is 11.0. The zero-order chi connectivity index (χ0) is 14.8. The average Bonchev–Trinajstić information content (AvgIpc) is 2.75. The van der Waals surface area contributed by atoms with Crippen LogP contribution in [0.1, 0.15) is 16.3 Å². The summed E-state index contributed by atoms with van der Waals surface area (Å²) in [5.41, 5.74) is 8.39. The van der Waals surface area contributed by atoms with Gasteiger partial charge in [0.25, 0.3) is 0 Å². The molecule has 0 fully saturated rings. The highest BCUT2D eigenvalue weighted by Crippen LogP contribution is 2.31. The van der Waals surface area contributed by atoms with E-state index >= 15 is 0 Å². The van der Waals surface area contributed by atoms with Gasteiger partial charge in [-0.15, -0.1) is 11.3 Å². The van der Waals surface area contributed by atoms with Crippen LogP contribution in [0, 0.1) is 13.8 Å². The van der Waals surface area contributed by atoms with E-state index in [4.69, 9.17) is 5.73 Å². The Morgan fingerprint density at radius 2 is 1.90 bits per heavy atom. The minimum absolute atomic E-state index is 0.594. The van der Waals surface area contributed by atoms with Gasteiger partial charge in [-0.25, -0.2) is 9.97 Å². The van der Waals surface area contributed by atoms with Crippen LogP contribution < -0.4 is 11.1 Å². The van der Waals surface area contributed by atoms with Gasteiger partial charge in [0.15, 0.2) is 0 Å². The molecule has 0 aliphatic rings. The van der Waals surface area contributed by atoms with E-state index in [1.165, 1.54) is 10.4 Å². The molecule has 2 heterocycles. The van der Waals surface area contributed by atoms with Gasteiger partial charge in [-0.05, 0) is 31.5 Å². The SMILES string of the molecule is Cc1sc2nc(CCNc3ccccc3)nc(N)c2c1C. The zero-order valence-electron chi connectivity index (χ0n) is 12.2. The highest BCUT2D eigenvalue weighted by atomic mass is 32.1. The monoisotopic (exact) mass is 298 g/mol. The third-order valence-electron chi connectivity index (χ3n) is 3.55. The van der Waals surface area contributed by atoms with Crippen LogP contribution in [0.25, 0.3) is 10.2 Å². The third-order valence-corrected chi connectivity index (χ3v) is 4.66. The van der Waals surface area contributed by atoms with Gasteiger partial charge in [0.05, 0.1) is 5.39 Å². The molecule has 2 aromatic heterocycles. The van der Waals surface area contributed by atoms with Crippen LogP contribution in [-0.4, -0.2) is 16.5 Å². The predicted octanol–water partition coefficient (Wildman–Crippen LogP) is 3.54. The van der Waals surface area contributed by atoms with Crippen molar-refractivity contribution < 1.29 is 0 Å². The van der Waals surface area contributed by atoms with E-state index in [0.717, 1.165) is 34.7 Å². The maximum absolute atomic E-state index is 6.09. The number of anilines is 2. The smallest absolute Gasteiger partial charge is 0.136 e. The second-order valence-electron chi connectivity index (χ2n) is 5.03. The second-order valence-corrected chi connectivity index (χ2v) is 6.23. The number of para-hydroxylation sites is 1. The molecule has 5 heteroatoms. The predicted molar refractivity (Wildman–Crippen MR) is 89.9 cm³/mol. The van der Waals surface area contributed by atoms with Crippen LogP contribution in [0.15, 0.2) is 30.3 Å². The van der Waals surface area contributed by atoms with Crippen LogP contribution in [0.5, 0.6) is 0 Å². The molecule has 0 spiro atoms. The van der Waals surface area contributed by atoms with Crippen molar-refractivity contribution in [2.24, 2.45) is 0 Å². The van der Waals surface area contributed by atoms with Crippen molar-refractivity contribution in [2.45, 2.75) is 20.3 Å². The Kier molecular flexibility index (Phi) is 3.75. The molecule has 1 aromatic carbocycles. The molecular weight excluding hydrogens is 280 g/mol. The molecule has 108 valence electrons. The lowest BCUT2D eigenvalue weighted by atomic mass is 10.2. The van der Waals surface area contributed by atoms with Crippen molar-refractivity contribution in [3.05, 3.63) is 46.6 Å². The molecule has 3 aromatic rings. The Morgan fingerprint density at radius 3 is 2.67 bits per heavy atom. The minimum atomic E-state index is 0.594. The van der Waals surface area contributed by atoms with Gasteiger partial charge in [-0.1, -0.05) is 18.2 Å². The summed E-state index contributed by atoms with van der Waals surface area (Å²) in [5, 5.41) is 4.37. The highest BCUT2D eigenvalue weighted by Gasteiger charge is 2.12. The van der Waals surface area contributed by atoms with Crippen molar-refractivity contribution in [2.75, 3.05) is 17.6 Å². The first-order valence-corrected chi connectivity index (χ1v) is 7.78. The number of nitrogen functional groups attached to an aromatic ring is 1. The van der Waals surface area contributed by atoms with Crippen LogP contribution in [-0.2, 0) is 6.42 Å². The first-order valence-electron chi connectivity index (χ1n) is 6.96. The number of nitrogens with two attached hydrogens (primary N) is 1. The zero-order valence-corrected chi connectivity index (χ0v) is 13.0. The largest absolute Gasteiger partial charge is 0.385 e. The number of aryl methyl sites for hydroxylation is 2. The molecule has 0 amide bonds. The van der Waals surface area contributed by atoms with E-state index in [-0.39, 0.29) is 0 Å². The molecule has 3 rings (SSSR count). The number of nitrogens with zero attached hydrogens (tertiary/aromatic N) is 2. The molecule has 0 aliphatic carbocycles. The van der Waals surface area contributed by atoms with E-state index in [0.29, 0.717) is 5.82 Å². The van der Waals surface area contributed by atoms with Crippen molar-refractivity contribution >= 4 is 33.1 Å². The van der Waals surface area contributed by atoms with Crippen LogP contribution in [0.2, 0.25) is 0 Å². The number of hydrogen-bond donors (Lipinski definition) is 2.